The largest absolute Gasteiger partial charge is 0.355 e. The van der Waals surface area contributed by atoms with Gasteiger partial charge < -0.3 is 9.47 Å². The van der Waals surface area contributed by atoms with E-state index in [0.29, 0.717) is 11.5 Å². The maximum absolute atomic E-state index is 9.46. The van der Waals surface area contributed by atoms with Gasteiger partial charge in [-0.15, -0.1) is 0 Å². The van der Waals surface area contributed by atoms with Crippen LogP contribution in [0, 0.1) is 18.3 Å². The topological polar surface area (TPSA) is 70.6 Å². The number of nitriles is 1. The van der Waals surface area contributed by atoms with Crippen molar-refractivity contribution in [3.05, 3.63) is 71.7 Å². The molecule has 1 atom stereocenters. The molecule has 0 bridgehead atoms. The second kappa shape index (κ2) is 7.58. The Labute approximate surface area is 159 Å². The van der Waals surface area contributed by atoms with Gasteiger partial charge >= 0.3 is 0 Å². The molecule has 0 spiro atoms. The molecule has 0 aromatic carbocycles. The van der Waals surface area contributed by atoms with E-state index in [1.54, 1.807) is 0 Å². The molecule has 1 saturated heterocycles. The molecule has 0 N–H and O–H groups in total. The first-order valence-corrected chi connectivity index (χ1v) is 9.27. The molecular weight excluding hydrogens is 336 g/mol. The predicted octanol–water partition coefficient (Wildman–Crippen LogP) is 3.29. The number of aryl methyl sites for hydroxylation is 1. The summed E-state index contributed by atoms with van der Waals surface area (Å²) in [4.78, 5) is 15.6. The van der Waals surface area contributed by atoms with Gasteiger partial charge in [-0.1, -0.05) is 0 Å². The van der Waals surface area contributed by atoms with Gasteiger partial charge in [0.2, 0.25) is 0 Å². The molecule has 27 heavy (non-hydrogen) atoms. The molecule has 1 fully saturated rings. The molecule has 3 aromatic rings. The molecule has 136 valence electrons. The second-order valence-electron chi connectivity index (χ2n) is 6.99. The van der Waals surface area contributed by atoms with Crippen molar-refractivity contribution in [1.82, 2.24) is 19.5 Å². The SMILES string of the molecule is Cc1ccc(C#N)c(N2CCCC(c3nccn3Cc3ccncc3)C2)n1. The molecule has 0 aliphatic carbocycles. The Morgan fingerprint density at radius 1 is 1.19 bits per heavy atom. The lowest BCUT2D eigenvalue weighted by atomic mass is 9.96. The van der Waals surface area contributed by atoms with Crippen LogP contribution in [0.3, 0.4) is 0 Å². The molecule has 1 aliphatic heterocycles. The first-order chi connectivity index (χ1) is 13.2. The molecule has 0 saturated carbocycles. The van der Waals surface area contributed by atoms with Crippen LogP contribution in [0.4, 0.5) is 5.82 Å². The van der Waals surface area contributed by atoms with Crippen LogP contribution in [-0.2, 0) is 6.54 Å². The number of piperidine rings is 1. The van der Waals surface area contributed by atoms with Crippen molar-refractivity contribution in [1.29, 1.82) is 5.26 Å². The smallest absolute Gasteiger partial charge is 0.146 e. The Morgan fingerprint density at radius 2 is 2.04 bits per heavy atom. The molecule has 3 aromatic heterocycles. The zero-order chi connectivity index (χ0) is 18.6. The van der Waals surface area contributed by atoms with E-state index in [2.05, 4.69) is 30.5 Å². The van der Waals surface area contributed by atoms with Gasteiger partial charge in [0.25, 0.3) is 0 Å². The maximum Gasteiger partial charge on any atom is 0.146 e. The Kier molecular flexibility index (Phi) is 4.84. The molecule has 6 heteroatoms. The average Bonchev–Trinajstić information content (AvgIpc) is 3.17. The van der Waals surface area contributed by atoms with Crippen molar-refractivity contribution in [3.63, 3.8) is 0 Å². The van der Waals surface area contributed by atoms with Crippen molar-refractivity contribution >= 4 is 5.82 Å². The first-order valence-electron chi connectivity index (χ1n) is 9.27. The van der Waals surface area contributed by atoms with E-state index in [4.69, 9.17) is 0 Å². The zero-order valence-corrected chi connectivity index (χ0v) is 15.4. The lowest BCUT2D eigenvalue weighted by Crippen LogP contribution is -2.36. The molecule has 1 unspecified atom stereocenters. The van der Waals surface area contributed by atoms with Crippen molar-refractivity contribution in [2.24, 2.45) is 0 Å². The molecule has 4 rings (SSSR count). The van der Waals surface area contributed by atoms with Gasteiger partial charge in [0.1, 0.15) is 17.7 Å². The number of aromatic nitrogens is 4. The van der Waals surface area contributed by atoms with Crippen LogP contribution in [0.2, 0.25) is 0 Å². The van der Waals surface area contributed by atoms with Crippen LogP contribution < -0.4 is 4.90 Å². The van der Waals surface area contributed by atoms with Crippen LogP contribution >= 0.6 is 0 Å². The van der Waals surface area contributed by atoms with E-state index in [-0.39, 0.29) is 0 Å². The summed E-state index contributed by atoms with van der Waals surface area (Å²) in [6.07, 6.45) is 9.72. The third-order valence-corrected chi connectivity index (χ3v) is 5.07. The van der Waals surface area contributed by atoms with Gasteiger partial charge in [0, 0.05) is 56.0 Å². The summed E-state index contributed by atoms with van der Waals surface area (Å²) in [5.41, 5.74) is 2.79. The molecule has 0 amide bonds. The number of hydrogen-bond donors (Lipinski definition) is 0. The van der Waals surface area contributed by atoms with E-state index in [1.165, 1.54) is 5.56 Å². The van der Waals surface area contributed by atoms with Crippen LogP contribution in [0.15, 0.2) is 49.1 Å². The van der Waals surface area contributed by atoms with Gasteiger partial charge in [0.15, 0.2) is 0 Å². The van der Waals surface area contributed by atoms with Gasteiger partial charge in [0.05, 0.1) is 5.56 Å². The van der Waals surface area contributed by atoms with E-state index in [1.807, 2.05) is 56.0 Å². The highest BCUT2D eigenvalue weighted by atomic mass is 15.2. The minimum absolute atomic E-state index is 0.324. The highest BCUT2D eigenvalue weighted by molar-refractivity contribution is 5.54. The van der Waals surface area contributed by atoms with Crippen LogP contribution in [0.25, 0.3) is 0 Å². The number of anilines is 1. The number of pyridine rings is 2. The fourth-order valence-corrected chi connectivity index (χ4v) is 3.75. The highest BCUT2D eigenvalue weighted by Crippen LogP contribution is 2.30. The normalized spacial score (nSPS) is 16.9. The zero-order valence-electron chi connectivity index (χ0n) is 15.4. The Morgan fingerprint density at radius 3 is 2.85 bits per heavy atom. The Balaban J connectivity index is 1.57. The fourth-order valence-electron chi connectivity index (χ4n) is 3.75. The average molecular weight is 358 g/mol. The quantitative estimate of drug-likeness (QED) is 0.716. The van der Waals surface area contributed by atoms with E-state index < -0.39 is 0 Å². The summed E-state index contributed by atoms with van der Waals surface area (Å²) in [5, 5.41) is 9.46. The van der Waals surface area contributed by atoms with Crippen molar-refractivity contribution in [3.8, 4) is 6.07 Å². The van der Waals surface area contributed by atoms with Gasteiger partial charge in [-0.25, -0.2) is 9.97 Å². The third kappa shape index (κ3) is 3.68. The van der Waals surface area contributed by atoms with E-state index in [9.17, 15) is 5.26 Å². The monoisotopic (exact) mass is 358 g/mol. The van der Waals surface area contributed by atoms with Gasteiger partial charge in [-0.05, 0) is 49.6 Å². The molecule has 4 heterocycles. The lowest BCUT2D eigenvalue weighted by molar-refractivity contribution is 0.473. The Bertz CT molecular complexity index is 956. The highest BCUT2D eigenvalue weighted by Gasteiger charge is 2.27. The summed E-state index contributed by atoms with van der Waals surface area (Å²) in [7, 11) is 0. The van der Waals surface area contributed by atoms with Crippen molar-refractivity contribution in [2.75, 3.05) is 18.0 Å². The summed E-state index contributed by atoms with van der Waals surface area (Å²) in [5.74, 6) is 2.22. The standard InChI is InChI=1S/C21H22N6/c1-16-4-5-18(13-22)21(25-16)26-11-2-3-19(15-26)20-24-10-12-27(20)14-17-6-8-23-9-7-17/h4-10,12,19H,2-3,11,14-15H2,1H3. The summed E-state index contributed by atoms with van der Waals surface area (Å²) in [6.45, 7) is 4.51. The van der Waals surface area contributed by atoms with Crippen LogP contribution in [-0.4, -0.2) is 32.6 Å². The van der Waals surface area contributed by atoms with Crippen LogP contribution in [0.1, 0.15) is 41.4 Å². The minimum atomic E-state index is 0.324. The molecule has 1 aliphatic rings. The molecular formula is C21H22N6. The van der Waals surface area contributed by atoms with Gasteiger partial charge in [-0.3, -0.25) is 4.98 Å². The first kappa shape index (κ1) is 17.2. The third-order valence-electron chi connectivity index (χ3n) is 5.07. The molecule has 0 radical (unpaired) electrons. The minimum Gasteiger partial charge on any atom is -0.355 e. The Hall–Kier alpha value is -3.20. The summed E-state index contributed by atoms with van der Waals surface area (Å²) in [6, 6.07) is 10.1. The maximum atomic E-state index is 9.46. The van der Waals surface area contributed by atoms with E-state index >= 15 is 0 Å². The molecule has 6 nitrogen and oxygen atoms in total. The van der Waals surface area contributed by atoms with Crippen LogP contribution in [0.5, 0.6) is 0 Å². The summed E-state index contributed by atoms with van der Waals surface area (Å²) >= 11 is 0. The summed E-state index contributed by atoms with van der Waals surface area (Å²) < 4.78 is 2.22. The number of rotatable bonds is 4. The number of hydrogen-bond acceptors (Lipinski definition) is 5. The van der Waals surface area contributed by atoms with E-state index in [0.717, 1.165) is 49.8 Å². The van der Waals surface area contributed by atoms with Crippen molar-refractivity contribution < 1.29 is 0 Å². The fraction of sp³-hybridized carbons (Fsp3) is 0.333. The predicted molar refractivity (Wildman–Crippen MR) is 103 cm³/mol. The number of nitrogens with zero attached hydrogens (tertiary/aromatic N) is 6. The lowest BCUT2D eigenvalue weighted by Gasteiger charge is -2.34. The van der Waals surface area contributed by atoms with Crippen molar-refractivity contribution in [2.45, 2.75) is 32.2 Å². The van der Waals surface area contributed by atoms with Gasteiger partial charge in [-0.2, -0.15) is 5.26 Å². The number of imidazole rings is 1. The second-order valence-corrected chi connectivity index (χ2v) is 6.99.